The number of para-hydroxylation sites is 2. The second-order valence-corrected chi connectivity index (χ2v) is 9.86. The number of nitriles is 1. The summed E-state index contributed by atoms with van der Waals surface area (Å²) >= 11 is 12.3. The minimum atomic E-state index is 0.603. The van der Waals surface area contributed by atoms with E-state index in [0.717, 1.165) is 74.2 Å². The minimum Gasteiger partial charge on any atom is -0.346 e. The summed E-state index contributed by atoms with van der Waals surface area (Å²) in [5, 5.41) is 11.2. The summed E-state index contributed by atoms with van der Waals surface area (Å²) in [6.07, 6.45) is 3.09. The molecule has 33 heavy (non-hydrogen) atoms. The van der Waals surface area contributed by atoms with Crippen molar-refractivity contribution in [2.75, 3.05) is 31.1 Å². The SMILES string of the molecule is N#Cc1c2c(c(N3CC[NH+](Cc4ccc(Cl)c(Cl)c4)CC3)n3c1nc1ccccc13)CCC2. The maximum atomic E-state index is 10.00. The summed E-state index contributed by atoms with van der Waals surface area (Å²) in [6.45, 7) is 4.97. The maximum Gasteiger partial charge on any atom is 0.157 e. The molecule has 1 aliphatic carbocycles. The van der Waals surface area contributed by atoms with Crippen molar-refractivity contribution in [1.82, 2.24) is 9.38 Å². The first kappa shape index (κ1) is 20.8. The molecule has 0 unspecified atom stereocenters. The molecular formula is C26H24Cl2N5+. The van der Waals surface area contributed by atoms with E-state index in [0.29, 0.717) is 10.0 Å². The number of fused-ring (bicyclic) bond motifs is 4. The number of piperazine rings is 1. The fourth-order valence-electron chi connectivity index (χ4n) is 5.54. The molecule has 0 amide bonds. The molecule has 1 saturated heterocycles. The monoisotopic (exact) mass is 476 g/mol. The van der Waals surface area contributed by atoms with Crippen LogP contribution in [0.4, 0.5) is 5.82 Å². The van der Waals surface area contributed by atoms with Crippen LogP contribution in [0.1, 0.15) is 28.7 Å². The molecule has 2 aromatic heterocycles. The number of nitrogens with zero attached hydrogens (tertiary/aromatic N) is 4. The number of pyridine rings is 1. The minimum absolute atomic E-state index is 0.603. The molecule has 0 radical (unpaired) electrons. The second kappa shape index (κ2) is 8.22. The summed E-state index contributed by atoms with van der Waals surface area (Å²) in [5.74, 6) is 1.25. The number of anilines is 1. The molecule has 2 aromatic carbocycles. The van der Waals surface area contributed by atoms with E-state index in [9.17, 15) is 5.26 Å². The van der Waals surface area contributed by atoms with Gasteiger partial charge < -0.3 is 9.80 Å². The molecule has 4 aromatic rings. The third-order valence-corrected chi connectivity index (χ3v) is 7.84. The summed E-state index contributed by atoms with van der Waals surface area (Å²) in [7, 11) is 0. The lowest BCUT2D eigenvalue weighted by Crippen LogP contribution is -3.13. The smallest absolute Gasteiger partial charge is 0.157 e. The van der Waals surface area contributed by atoms with Gasteiger partial charge in [-0.1, -0.05) is 41.4 Å². The van der Waals surface area contributed by atoms with Gasteiger partial charge in [-0.25, -0.2) is 4.98 Å². The van der Waals surface area contributed by atoms with Crippen LogP contribution in [-0.2, 0) is 19.4 Å². The van der Waals surface area contributed by atoms with Crippen LogP contribution in [-0.4, -0.2) is 35.6 Å². The lowest BCUT2D eigenvalue weighted by atomic mass is 10.0. The van der Waals surface area contributed by atoms with E-state index in [1.807, 2.05) is 24.3 Å². The Morgan fingerprint density at radius 1 is 1.00 bits per heavy atom. The summed E-state index contributed by atoms with van der Waals surface area (Å²) in [4.78, 5) is 8.95. The molecule has 0 spiro atoms. The molecule has 0 atom stereocenters. The molecule has 1 N–H and O–H groups in total. The summed E-state index contributed by atoms with van der Waals surface area (Å²) in [5.41, 5.74) is 7.36. The Bertz CT molecular complexity index is 1430. The van der Waals surface area contributed by atoms with Gasteiger partial charge in [-0.2, -0.15) is 5.26 Å². The molecular weight excluding hydrogens is 453 g/mol. The Morgan fingerprint density at radius 2 is 1.79 bits per heavy atom. The number of quaternary nitrogens is 1. The number of benzene rings is 2. The number of hydrogen-bond donors (Lipinski definition) is 1. The average molecular weight is 477 g/mol. The van der Waals surface area contributed by atoms with E-state index >= 15 is 0 Å². The van der Waals surface area contributed by atoms with Crippen LogP contribution in [0, 0.1) is 11.3 Å². The van der Waals surface area contributed by atoms with Crippen LogP contribution in [0.5, 0.6) is 0 Å². The van der Waals surface area contributed by atoms with Crippen molar-refractivity contribution >= 4 is 45.7 Å². The standard InChI is InChI=1S/C26H23Cl2N5/c27-21-9-8-17(14-22(21)28)16-31-10-12-32(13-11-31)26-19-5-3-4-18(19)20(15-29)25-30-23-6-1-2-7-24(23)33(25)26/h1-2,6-9,14H,3-5,10-13,16H2/p+1. The van der Waals surface area contributed by atoms with E-state index in [1.165, 1.54) is 22.5 Å². The van der Waals surface area contributed by atoms with Gasteiger partial charge in [0.25, 0.3) is 0 Å². The van der Waals surface area contributed by atoms with Crippen LogP contribution < -0.4 is 9.80 Å². The highest BCUT2D eigenvalue weighted by atomic mass is 35.5. The molecule has 0 bridgehead atoms. The summed E-state index contributed by atoms with van der Waals surface area (Å²) in [6, 6.07) is 16.6. The molecule has 3 heterocycles. The Morgan fingerprint density at radius 3 is 2.58 bits per heavy atom. The third kappa shape index (κ3) is 3.45. The second-order valence-electron chi connectivity index (χ2n) is 9.04. The predicted molar refractivity (Wildman–Crippen MR) is 133 cm³/mol. The van der Waals surface area contributed by atoms with Crippen molar-refractivity contribution in [3.05, 3.63) is 74.8 Å². The van der Waals surface area contributed by atoms with Crippen molar-refractivity contribution in [2.24, 2.45) is 0 Å². The fourth-order valence-corrected chi connectivity index (χ4v) is 5.86. The maximum absolute atomic E-state index is 10.00. The lowest BCUT2D eigenvalue weighted by molar-refractivity contribution is -0.914. The van der Waals surface area contributed by atoms with Crippen LogP contribution in [0.25, 0.3) is 16.7 Å². The van der Waals surface area contributed by atoms with E-state index in [1.54, 1.807) is 4.90 Å². The van der Waals surface area contributed by atoms with E-state index in [2.05, 4.69) is 33.6 Å². The van der Waals surface area contributed by atoms with Gasteiger partial charge in [0, 0.05) is 5.56 Å². The van der Waals surface area contributed by atoms with Crippen LogP contribution in [0.2, 0.25) is 10.0 Å². The Kier molecular flexibility index (Phi) is 5.18. The molecule has 6 rings (SSSR count). The number of imidazole rings is 1. The van der Waals surface area contributed by atoms with Gasteiger partial charge in [-0.05, 0) is 54.7 Å². The average Bonchev–Trinajstić information content (AvgIpc) is 3.46. The molecule has 1 fully saturated rings. The number of aromatic nitrogens is 2. The first-order valence-electron chi connectivity index (χ1n) is 11.5. The summed E-state index contributed by atoms with van der Waals surface area (Å²) < 4.78 is 2.25. The highest BCUT2D eigenvalue weighted by Crippen LogP contribution is 2.38. The lowest BCUT2D eigenvalue weighted by Gasteiger charge is -2.35. The van der Waals surface area contributed by atoms with Gasteiger partial charge in [0.15, 0.2) is 5.65 Å². The van der Waals surface area contributed by atoms with E-state index in [4.69, 9.17) is 28.2 Å². The number of halogens is 2. The number of rotatable bonds is 3. The van der Waals surface area contributed by atoms with Crippen LogP contribution in [0.3, 0.4) is 0 Å². The van der Waals surface area contributed by atoms with Crippen LogP contribution in [0.15, 0.2) is 42.5 Å². The topological polar surface area (TPSA) is 48.8 Å². The van der Waals surface area contributed by atoms with Gasteiger partial charge in [0.2, 0.25) is 0 Å². The van der Waals surface area contributed by atoms with Gasteiger partial charge in [-0.15, -0.1) is 0 Å². The first-order valence-corrected chi connectivity index (χ1v) is 12.3. The zero-order chi connectivity index (χ0) is 22.5. The Labute approximate surface area is 202 Å². The first-order chi connectivity index (χ1) is 16.1. The van der Waals surface area contributed by atoms with Crippen molar-refractivity contribution in [2.45, 2.75) is 25.8 Å². The van der Waals surface area contributed by atoms with Gasteiger partial charge in [0.05, 0.1) is 52.8 Å². The highest BCUT2D eigenvalue weighted by molar-refractivity contribution is 6.42. The van der Waals surface area contributed by atoms with Crippen molar-refractivity contribution in [1.29, 1.82) is 5.26 Å². The molecule has 7 heteroatoms. The number of hydrogen-bond acceptors (Lipinski definition) is 3. The van der Waals surface area contributed by atoms with Crippen molar-refractivity contribution < 1.29 is 4.90 Å². The molecule has 1 aliphatic heterocycles. The Balaban J connectivity index is 1.36. The predicted octanol–water partition coefficient (Wildman–Crippen LogP) is 4.06. The molecule has 2 aliphatic rings. The zero-order valence-corrected chi connectivity index (χ0v) is 19.8. The van der Waals surface area contributed by atoms with Gasteiger partial charge >= 0.3 is 0 Å². The fraction of sp³-hybridized carbons (Fsp3) is 0.308. The van der Waals surface area contributed by atoms with Crippen LogP contribution >= 0.6 is 23.2 Å². The van der Waals surface area contributed by atoms with Crippen molar-refractivity contribution in [3.8, 4) is 6.07 Å². The number of nitrogens with one attached hydrogen (secondary N) is 1. The highest BCUT2D eigenvalue weighted by Gasteiger charge is 2.30. The van der Waals surface area contributed by atoms with E-state index in [-0.39, 0.29) is 0 Å². The third-order valence-electron chi connectivity index (χ3n) is 7.11. The van der Waals surface area contributed by atoms with E-state index < -0.39 is 0 Å². The normalized spacial score (nSPS) is 16.5. The Hall–Kier alpha value is -2.78. The van der Waals surface area contributed by atoms with Gasteiger partial charge in [-0.3, -0.25) is 4.40 Å². The largest absolute Gasteiger partial charge is 0.346 e. The zero-order valence-electron chi connectivity index (χ0n) is 18.2. The van der Waals surface area contributed by atoms with Gasteiger partial charge in [0.1, 0.15) is 18.4 Å². The molecule has 0 saturated carbocycles. The molecule has 5 nitrogen and oxygen atoms in total. The molecule has 166 valence electrons. The van der Waals surface area contributed by atoms with Crippen molar-refractivity contribution in [3.63, 3.8) is 0 Å². The quantitative estimate of drug-likeness (QED) is 0.484.